The van der Waals surface area contributed by atoms with Gasteiger partial charge in [0.15, 0.2) is 0 Å². The number of benzene rings is 1. The van der Waals surface area contributed by atoms with Crippen LogP contribution in [0.5, 0.6) is 0 Å². The molecule has 1 fully saturated rings. The number of hydrogen-bond donors (Lipinski definition) is 1. The molecule has 3 heterocycles. The zero-order valence-corrected chi connectivity index (χ0v) is 14.0. The first kappa shape index (κ1) is 14.8. The molecule has 4 heteroatoms. The molecule has 120 valence electrons. The fourth-order valence-corrected chi connectivity index (χ4v) is 3.99. The molecule has 23 heavy (non-hydrogen) atoms. The normalized spacial score (nSPS) is 20.9. The second-order valence-corrected chi connectivity index (χ2v) is 6.76. The van der Waals surface area contributed by atoms with Crippen molar-refractivity contribution >= 4 is 0 Å². The summed E-state index contributed by atoms with van der Waals surface area (Å²) in [6.45, 7) is 8.57. The average Bonchev–Trinajstić information content (AvgIpc) is 2.53. The van der Waals surface area contributed by atoms with E-state index in [1.54, 1.807) is 0 Å². The van der Waals surface area contributed by atoms with Crippen LogP contribution >= 0.6 is 0 Å². The van der Waals surface area contributed by atoms with Crippen LogP contribution in [-0.4, -0.2) is 41.0 Å². The van der Waals surface area contributed by atoms with E-state index in [1.165, 1.54) is 36.2 Å². The molecule has 1 atom stereocenters. The molecule has 2 aliphatic heterocycles. The van der Waals surface area contributed by atoms with Crippen LogP contribution in [0.15, 0.2) is 24.3 Å². The minimum absolute atomic E-state index is 0.560. The van der Waals surface area contributed by atoms with Gasteiger partial charge in [-0.05, 0) is 43.0 Å². The summed E-state index contributed by atoms with van der Waals surface area (Å²) in [5.41, 5.74) is 6.57. The summed E-state index contributed by atoms with van der Waals surface area (Å²) in [7, 11) is 0. The lowest BCUT2D eigenvalue weighted by atomic mass is 9.89. The van der Waals surface area contributed by atoms with E-state index in [-0.39, 0.29) is 0 Å². The van der Waals surface area contributed by atoms with Gasteiger partial charge < -0.3 is 5.32 Å². The first-order valence-corrected chi connectivity index (χ1v) is 8.57. The maximum Gasteiger partial charge on any atom is 0.125 e. The van der Waals surface area contributed by atoms with E-state index < -0.39 is 0 Å². The van der Waals surface area contributed by atoms with Crippen LogP contribution in [0.4, 0.5) is 0 Å². The second-order valence-electron chi connectivity index (χ2n) is 6.76. The second kappa shape index (κ2) is 6.02. The van der Waals surface area contributed by atoms with Gasteiger partial charge in [0, 0.05) is 50.0 Å². The van der Waals surface area contributed by atoms with Crippen LogP contribution in [0.1, 0.15) is 39.9 Å². The number of nitrogens with zero attached hydrogens (tertiary/aromatic N) is 3. The van der Waals surface area contributed by atoms with Gasteiger partial charge in [0.2, 0.25) is 0 Å². The molecule has 1 saturated heterocycles. The summed E-state index contributed by atoms with van der Waals surface area (Å²) in [5.74, 6) is 0.863. The quantitative estimate of drug-likeness (QED) is 0.923. The predicted molar refractivity (Wildman–Crippen MR) is 91.6 cm³/mol. The summed E-state index contributed by atoms with van der Waals surface area (Å²) < 4.78 is 0. The van der Waals surface area contributed by atoms with Crippen molar-refractivity contribution in [3.8, 4) is 0 Å². The molecule has 2 aliphatic rings. The Balaban J connectivity index is 1.60. The van der Waals surface area contributed by atoms with Gasteiger partial charge in [-0.25, -0.2) is 9.97 Å². The van der Waals surface area contributed by atoms with Gasteiger partial charge in [-0.3, -0.25) is 4.90 Å². The minimum Gasteiger partial charge on any atom is -0.314 e. The maximum atomic E-state index is 4.58. The van der Waals surface area contributed by atoms with Crippen molar-refractivity contribution in [3.05, 3.63) is 58.2 Å². The van der Waals surface area contributed by atoms with E-state index in [0.717, 1.165) is 36.7 Å². The summed E-state index contributed by atoms with van der Waals surface area (Å²) in [6.07, 6.45) is 2.06. The maximum absolute atomic E-state index is 4.58. The van der Waals surface area contributed by atoms with Gasteiger partial charge in [0.1, 0.15) is 5.82 Å². The van der Waals surface area contributed by atoms with E-state index in [9.17, 15) is 0 Å². The number of nitrogens with one attached hydrogen (secondary N) is 1. The van der Waals surface area contributed by atoms with E-state index in [1.807, 2.05) is 13.8 Å². The first-order chi connectivity index (χ1) is 11.2. The van der Waals surface area contributed by atoms with Gasteiger partial charge in [-0.1, -0.05) is 18.2 Å². The van der Waals surface area contributed by atoms with Gasteiger partial charge in [0.25, 0.3) is 0 Å². The zero-order valence-electron chi connectivity index (χ0n) is 14.0. The van der Waals surface area contributed by atoms with Crippen LogP contribution in [0.25, 0.3) is 0 Å². The van der Waals surface area contributed by atoms with Crippen molar-refractivity contribution in [3.63, 3.8) is 0 Å². The van der Waals surface area contributed by atoms with Crippen LogP contribution in [-0.2, 0) is 12.8 Å². The highest BCUT2D eigenvalue weighted by Gasteiger charge is 2.29. The molecule has 4 nitrogen and oxygen atoms in total. The molecular formula is C19H24N4. The van der Waals surface area contributed by atoms with Crippen molar-refractivity contribution in [2.24, 2.45) is 0 Å². The van der Waals surface area contributed by atoms with Crippen LogP contribution in [0, 0.1) is 13.8 Å². The number of aryl methyl sites for hydroxylation is 2. The number of hydrogen-bond acceptors (Lipinski definition) is 4. The Kier molecular flexibility index (Phi) is 3.87. The summed E-state index contributed by atoms with van der Waals surface area (Å²) >= 11 is 0. The van der Waals surface area contributed by atoms with Gasteiger partial charge in [-0.15, -0.1) is 0 Å². The average molecular weight is 308 g/mol. The molecule has 0 spiro atoms. The first-order valence-electron chi connectivity index (χ1n) is 8.57. The molecule has 0 amide bonds. The van der Waals surface area contributed by atoms with Crippen molar-refractivity contribution in [2.75, 3.05) is 26.2 Å². The van der Waals surface area contributed by atoms with Crippen LogP contribution in [0.3, 0.4) is 0 Å². The number of fused-ring (bicyclic) bond motifs is 3. The van der Waals surface area contributed by atoms with Crippen molar-refractivity contribution in [1.29, 1.82) is 0 Å². The molecule has 2 aromatic rings. The molecule has 4 rings (SSSR count). The molecule has 0 radical (unpaired) electrons. The topological polar surface area (TPSA) is 41.0 Å². The summed E-state index contributed by atoms with van der Waals surface area (Å²) in [6, 6.07) is 9.68. The van der Waals surface area contributed by atoms with Crippen LogP contribution < -0.4 is 5.32 Å². The number of aromatic nitrogens is 2. The lowest BCUT2D eigenvalue weighted by Gasteiger charge is -2.41. The fraction of sp³-hybridized carbons (Fsp3) is 0.474. The van der Waals surface area contributed by atoms with Crippen molar-refractivity contribution in [1.82, 2.24) is 20.2 Å². The fourth-order valence-electron chi connectivity index (χ4n) is 3.99. The number of piperazine rings is 1. The Hall–Kier alpha value is -1.78. The third-order valence-electron chi connectivity index (χ3n) is 4.99. The Morgan fingerprint density at radius 2 is 2.09 bits per heavy atom. The van der Waals surface area contributed by atoms with E-state index in [2.05, 4.69) is 44.5 Å². The molecule has 0 saturated carbocycles. The Bertz CT molecular complexity index is 705. The van der Waals surface area contributed by atoms with Gasteiger partial charge in [-0.2, -0.15) is 0 Å². The third-order valence-corrected chi connectivity index (χ3v) is 4.99. The molecule has 0 aliphatic carbocycles. The standard InChI is InChI=1S/C19H24N4/c1-13-9-17(22-14(2)21-13)11-15-3-4-18-16(10-15)5-7-23-8-6-20-12-19(18)23/h3-4,9-10,19-20H,5-8,11-12H2,1-2H3/t19-/m0/s1. The van der Waals surface area contributed by atoms with Gasteiger partial charge in [0.05, 0.1) is 0 Å². The van der Waals surface area contributed by atoms with E-state index in [4.69, 9.17) is 0 Å². The smallest absolute Gasteiger partial charge is 0.125 e. The Morgan fingerprint density at radius 1 is 1.17 bits per heavy atom. The zero-order chi connectivity index (χ0) is 15.8. The van der Waals surface area contributed by atoms with Crippen molar-refractivity contribution < 1.29 is 0 Å². The number of rotatable bonds is 2. The highest BCUT2D eigenvalue weighted by molar-refractivity contribution is 5.38. The molecule has 0 unspecified atom stereocenters. The van der Waals surface area contributed by atoms with Gasteiger partial charge >= 0.3 is 0 Å². The highest BCUT2D eigenvalue weighted by atomic mass is 15.2. The SMILES string of the molecule is Cc1cc(Cc2ccc3c(c2)CCN2CCNC[C@@H]32)nc(C)n1. The Labute approximate surface area is 138 Å². The molecule has 1 N–H and O–H groups in total. The monoisotopic (exact) mass is 308 g/mol. The molecule has 0 bridgehead atoms. The lowest BCUT2D eigenvalue weighted by Crippen LogP contribution is -2.48. The Morgan fingerprint density at radius 3 is 2.96 bits per heavy atom. The van der Waals surface area contributed by atoms with Crippen molar-refractivity contribution in [2.45, 2.75) is 32.7 Å². The predicted octanol–water partition coefficient (Wildman–Crippen LogP) is 2.19. The van der Waals surface area contributed by atoms with E-state index in [0.29, 0.717) is 6.04 Å². The molecule has 1 aromatic carbocycles. The molecule has 1 aromatic heterocycles. The van der Waals surface area contributed by atoms with Crippen LogP contribution in [0.2, 0.25) is 0 Å². The lowest BCUT2D eigenvalue weighted by molar-refractivity contribution is 0.152. The minimum atomic E-state index is 0.560. The highest BCUT2D eigenvalue weighted by Crippen LogP contribution is 2.31. The summed E-state index contributed by atoms with van der Waals surface area (Å²) in [5, 5.41) is 3.53. The summed E-state index contributed by atoms with van der Waals surface area (Å²) in [4.78, 5) is 11.6. The third kappa shape index (κ3) is 3.01. The molecular weight excluding hydrogens is 284 g/mol. The largest absolute Gasteiger partial charge is 0.314 e. The van der Waals surface area contributed by atoms with E-state index >= 15 is 0 Å².